The van der Waals surface area contributed by atoms with Crippen LogP contribution < -0.4 is 5.73 Å². The summed E-state index contributed by atoms with van der Waals surface area (Å²) in [5, 5.41) is 0. The highest BCUT2D eigenvalue weighted by atomic mass is 15.1. The number of hydrogen-bond acceptors (Lipinski definition) is 1. The van der Waals surface area contributed by atoms with Gasteiger partial charge in [0.15, 0.2) is 0 Å². The molecule has 2 nitrogen and oxygen atoms in total. The van der Waals surface area contributed by atoms with E-state index >= 15 is 0 Å². The van der Waals surface area contributed by atoms with Crippen molar-refractivity contribution in [3.8, 4) is 0 Å². The van der Waals surface area contributed by atoms with Gasteiger partial charge in [-0.1, -0.05) is 13.8 Å². The zero-order chi connectivity index (χ0) is 7.28. The summed E-state index contributed by atoms with van der Waals surface area (Å²) < 4.78 is 0. The van der Waals surface area contributed by atoms with Crippen LogP contribution in [0.3, 0.4) is 0 Å². The summed E-state index contributed by atoms with van der Waals surface area (Å²) in [6.45, 7) is 9.01. The van der Waals surface area contributed by atoms with E-state index in [2.05, 4.69) is 25.7 Å². The van der Waals surface area contributed by atoms with Crippen LogP contribution in [0.25, 0.3) is 0 Å². The molecule has 0 saturated heterocycles. The Labute approximate surface area is 58.0 Å². The lowest BCUT2D eigenvalue weighted by Crippen LogP contribution is -2.35. The van der Waals surface area contributed by atoms with Gasteiger partial charge >= 0.3 is 0 Å². The van der Waals surface area contributed by atoms with Crippen molar-refractivity contribution >= 4 is 0 Å². The largest absolute Gasteiger partial charge is 0.300 e. The van der Waals surface area contributed by atoms with Gasteiger partial charge in [-0.05, 0) is 20.0 Å². The Bertz CT molecular complexity index is 59.9. The molecule has 1 unspecified atom stereocenters. The Morgan fingerprint density at radius 1 is 1.33 bits per heavy atom. The minimum Gasteiger partial charge on any atom is -0.300 e. The number of likely N-dealkylation sites (N-methyl/N-ethyl adjacent to an activating group) is 1. The highest BCUT2D eigenvalue weighted by Gasteiger charge is 2.05. The second kappa shape index (κ2) is 4.77. The molecule has 2 heteroatoms. The fourth-order valence-electron chi connectivity index (χ4n) is 0.976. The van der Waals surface area contributed by atoms with Gasteiger partial charge in [-0.25, -0.2) is 0 Å². The molecule has 0 aromatic rings. The average Bonchev–Trinajstić information content (AvgIpc) is 1.90. The van der Waals surface area contributed by atoms with Crippen LogP contribution in [0.1, 0.15) is 20.8 Å². The van der Waals surface area contributed by atoms with E-state index in [1.807, 2.05) is 0 Å². The predicted molar refractivity (Wildman–Crippen MR) is 40.3 cm³/mol. The van der Waals surface area contributed by atoms with E-state index in [0.717, 1.165) is 13.1 Å². The third-order valence-electron chi connectivity index (χ3n) is 1.73. The third kappa shape index (κ3) is 2.82. The van der Waals surface area contributed by atoms with Crippen molar-refractivity contribution in [2.24, 2.45) is 0 Å². The molecule has 0 fully saturated rings. The van der Waals surface area contributed by atoms with Crippen LogP contribution >= 0.6 is 0 Å². The first-order valence-electron chi connectivity index (χ1n) is 3.64. The lowest BCUT2D eigenvalue weighted by Gasteiger charge is -2.24. The van der Waals surface area contributed by atoms with Gasteiger partial charge in [0, 0.05) is 12.6 Å². The zero-order valence-corrected chi connectivity index (χ0v) is 6.65. The minimum atomic E-state index is 0.431. The lowest BCUT2D eigenvalue weighted by atomic mass is 10.3. The Kier molecular flexibility index (Phi) is 4.72. The molecule has 0 rings (SSSR count). The Balaban J connectivity index is 3.50. The van der Waals surface area contributed by atoms with Crippen LogP contribution in [-0.4, -0.2) is 30.6 Å². The van der Waals surface area contributed by atoms with Crippen LogP contribution in [0.2, 0.25) is 0 Å². The molecular weight excluding hydrogens is 112 g/mol. The van der Waals surface area contributed by atoms with Gasteiger partial charge in [0.2, 0.25) is 0 Å². The molecule has 55 valence electrons. The summed E-state index contributed by atoms with van der Waals surface area (Å²) in [6.07, 6.45) is 0. The van der Waals surface area contributed by atoms with Crippen molar-refractivity contribution in [2.45, 2.75) is 26.8 Å². The lowest BCUT2D eigenvalue weighted by molar-refractivity contribution is 0.235. The summed E-state index contributed by atoms with van der Waals surface area (Å²) in [5.74, 6) is 0. The summed E-state index contributed by atoms with van der Waals surface area (Å²) in [4.78, 5) is 2.28. The molecule has 1 radical (unpaired) electrons. The van der Waals surface area contributed by atoms with Gasteiger partial charge in [0.05, 0.1) is 0 Å². The minimum absolute atomic E-state index is 0.431. The number of hydrogen-bond donors (Lipinski definition) is 0. The van der Waals surface area contributed by atoms with Crippen LogP contribution in [0.5, 0.6) is 0 Å². The summed E-state index contributed by atoms with van der Waals surface area (Å²) >= 11 is 0. The van der Waals surface area contributed by atoms with Gasteiger partial charge in [0.1, 0.15) is 0 Å². The molecule has 9 heavy (non-hydrogen) atoms. The standard InChI is InChI=1S/C7H17N2/c1-4-9(5-2)7(3)6-8/h7-8H,4-6H2,1-3H3. The third-order valence-corrected chi connectivity index (χ3v) is 1.73. The van der Waals surface area contributed by atoms with Gasteiger partial charge < -0.3 is 0 Å². The van der Waals surface area contributed by atoms with Gasteiger partial charge in [-0.2, -0.15) is 0 Å². The molecule has 0 aliphatic carbocycles. The number of rotatable bonds is 4. The summed E-state index contributed by atoms with van der Waals surface area (Å²) in [6, 6.07) is 0.431. The highest BCUT2D eigenvalue weighted by molar-refractivity contribution is 4.63. The summed E-state index contributed by atoms with van der Waals surface area (Å²) in [7, 11) is 0. The van der Waals surface area contributed by atoms with Crippen LogP contribution in [-0.2, 0) is 0 Å². The maximum absolute atomic E-state index is 7.10. The quantitative estimate of drug-likeness (QED) is 0.556. The van der Waals surface area contributed by atoms with E-state index in [9.17, 15) is 0 Å². The van der Waals surface area contributed by atoms with E-state index in [1.54, 1.807) is 0 Å². The first-order valence-corrected chi connectivity index (χ1v) is 3.64. The molecule has 0 saturated carbocycles. The van der Waals surface area contributed by atoms with E-state index in [0.29, 0.717) is 12.6 Å². The SMILES string of the molecule is CCN(CC)C(C)C[NH]. The van der Waals surface area contributed by atoms with Crippen LogP contribution in [0.4, 0.5) is 0 Å². The Morgan fingerprint density at radius 3 is 1.89 bits per heavy atom. The van der Waals surface area contributed by atoms with E-state index in [1.165, 1.54) is 0 Å². The van der Waals surface area contributed by atoms with Crippen molar-refractivity contribution in [1.82, 2.24) is 10.6 Å². The molecule has 0 spiro atoms. The van der Waals surface area contributed by atoms with Crippen molar-refractivity contribution in [3.05, 3.63) is 0 Å². The molecule has 0 bridgehead atoms. The zero-order valence-electron chi connectivity index (χ0n) is 6.65. The maximum Gasteiger partial charge on any atom is 0.0253 e. The first-order chi connectivity index (χ1) is 4.26. The summed E-state index contributed by atoms with van der Waals surface area (Å²) in [5.41, 5.74) is 7.10. The van der Waals surface area contributed by atoms with Crippen LogP contribution in [0.15, 0.2) is 0 Å². The van der Waals surface area contributed by atoms with Crippen LogP contribution in [0, 0.1) is 0 Å². The molecule has 0 aliphatic rings. The highest BCUT2D eigenvalue weighted by Crippen LogP contribution is 1.94. The van der Waals surface area contributed by atoms with Crippen molar-refractivity contribution in [3.63, 3.8) is 0 Å². The Hall–Kier alpha value is -0.0800. The van der Waals surface area contributed by atoms with Gasteiger partial charge in [-0.15, -0.1) is 0 Å². The van der Waals surface area contributed by atoms with E-state index < -0.39 is 0 Å². The fourth-order valence-corrected chi connectivity index (χ4v) is 0.976. The van der Waals surface area contributed by atoms with Crippen molar-refractivity contribution in [1.29, 1.82) is 0 Å². The van der Waals surface area contributed by atoms with Crippen molar-refractivity contribution < 1.29 is 0 Å². The van der Waals surface area contributed by atoms with Gasteiger partial charge in [-0.3, -0.25) is 10.6 Å². The van der Waals surface area contributed by atoms with E-state index in [-0.39, 0.29) is 0 Å². The Morgan fingerprint density at radius 2 is 1.78 bits per heavy atom. The normalized spacial score (nSPS) is 14.3. The topological polar surface area (TPSA) is 27.0 Å². The number of nitrogens with zero attached hydrogens (tertiary/aromatic N) is 1. The van der Waals surface area contributed by atoms with Gasteiger partial charge in [0.25, 0.3) is 0 Å². The predicted octanol–water partition coefficient (Wildman–Crippen LogP) is 1.000. The molecular formula is C7H17N2. The molecule has 1 atom stereocenters. The molecule has 0 aromatic carbocycles. The molecule has 1 N–H and O–H groups in total. The maximum atomic E-state index is 7.10. The second-order valence-electron chi connectivity index (χ2n) is 2.27. The first kappa shape index (κ1) is 8.92. The average molecular weight is 129 g/mol. The second-order valence-corrected chi connectivity index (χ2v) is 2.27. The monoisotopic (exact) mass is 129 g/mol. The van der Waals surface area contributed by atoms with E-state index in [4.69, 9.17) is 5.73 Å². The molecule has 0 amide bonds. The fraction of sp³-hybridized carbons (Fsp3) is 1.00. The van der Waals surface area contributed by atoms with Crippen molar-refractivity contribution in [2.75, 3.05) is 19.6 Å². The molecule has 0 heterocycles. The molecule has 0 aromatic heterocycles. The molecule has 0 aliphatic heterocycles. The number of nitrogens with one attached hydrogen (secondary N) is 1. The smallest absolute Gasteiger partial charge is 0.0253 e.